The van der Waals surface area contributed by atoms with Crippen LogP contribution >= 0.6 is 11.8 Å². The Morgan fingerprint density at radius 3 is 2.44 bits per heavy atom. The number of carbonyl (C=O) groups excluding carboxylic acids is 1. The minimum Gasteiger partial charge on any atom is -0.325 e. The molecule has 3 nitrogen and oxygen atoms in total. The van der Waals surface area contributed by atoms with E-state index in [1.807, 2.05) is 11.8 Å². The predicted molar refractivity (Wildman–Crippen MR) is 68.9 cm³/mol. The van der Waals surface area contributed by atoms with Crippen LogP contribution in [0.15, 0.2) is 0 Å². The first kappa shape index (κ1) is 12.1. The van der Waals surface area contributed by atoms with Gasteiger partial charge in [-0.1, -0.05) is 12.8 Å². The van der Waals surface area contributed by atoms with Crippen LogP contribution in [0.4, 0.5) is 4.79 Å². The average molecular weight is 242 g/mol. The molecular weight excluding hydrogens is 220 g/mol. The van der Waals surface area contributed by atoms with Crippen LogP contribution in [0, 0.1) is 0 Å². The lowest BCUT2D eigenvalue weighted by molar-refractivity contribution is 0.144. The van der Waals surface area contributed by atoms with Crippen LogP contribution in [0.25, 0.3) is 0 Å². The van der Waals surface area contributed by atoms with Crippen molar-refractivity contribution in [2.45, 2.75) is 38.6 Å². The highest BCUT2D eigenvalue weighted by molar-refractivity contribution is 7.99. The topological polar surface area (TPSA) is 23.6 Å². The highest BCUT2D eigenvalue weighted by Crippen LogP contribution is 2.19. The summed E-state index contributed by atoms with van der Waals surface area (Å²) in [5, 5.41) is 0. The zero-order chi connectivity index (χ0) is 11.4. The third kappa shape index (κ3) is 2.84. The second-order valence-electron chi connectivity index (χ2n) is 4.80. The third-order valence-electron chi connectivity index (χ3n) is 3.49. The van der Waals surface area contributed by atoms with Crippen molar-refractivity contribution in [3.8, 4) is 0 Å². The fourth-order valence-electron chi connectivity index (χ4n) is 2.45. The molecule has 2 saturated heterocycles. The van der Waals surface area contributed by atoms with E-state index in [0.717, 1.165) is 31.1 Å². The second kappa shape index (κ2) is 5.80. The summed E-state index contributed by atoms with van der Waals surface area (Å²) in [6.45, 7) is 5.04. The van der Waals surface area contributed by atoms with E-state index >= 15 is 0 Å². The number of nitrogens with zero attached hydrogens (tertiary/aromatic N) is 2. The van der Waals surface area contributed by atoms with Gasteiger partial charge >= 0.3 is 6.03 Å². The molecule has 0 saturated carbocycles. The third-order valence-corrected chi connectivity index (χ3v) is 4.68. The van der Waals surface area contributed by atoms with Crippen molar-refractivity contribution in [1.82, 2.24) is 9.80 Å². The van der Waals surface area contributed by atoms with Crippen LogP contribution in [0.2, 0.25) is 0 Å². The molecule has 2 aliphatic heterocycles. The fraction of sp³-hybridized carbons (Fsp3) is 0.917. The molecule has 1 unspecified atom stereocenters. The van der Waals surface area contributed by atoms with Gasteiger partial charge in [0.2, 0.25) is 0 Å². The van der Waals surface area contributed by atoms with Crippen LogP contribution in [-0.4, -0.2) is 53.0 Å². The summed E-state index contributed by atoms with van der Waals surface area (Å²) < 4.78 is 0. The summed E-state index contributed by atoms with van der Waals surface area (Å²) in [4.78, 5) is 16.5. The van der Waals surface area contributed by atoms with E-state index in [-0.39, 0.29) is 6.03 Å². The van der Waals surface area contributed by atoms with Gasteiger partial charge in [0.15, 0.2) is 0 Å². The zero-order valence-corrected chi connectivity index (χ0v) is 11.0. The summed E-state index contributed by atoms with van der Waals surface area (Å²) >= 11 is 1.96. The molecule has 2 amide bonds. The normalized spacial score (nSPS) is 27.7. The van der Waals surface area contributed by atoms with Crippen LogP contribution in [0.3, 0.4) is 0 Å². The van der Waals surface area contributed by atoms with E-state index in [2.05, 4.69) is 16.7 Å². The van der Waals surface area contributed by atoms with Gasteiger partial charge < -0.3 is 9.80 Å². The fourth-order valence-corrected chi connectivity index (χ4v) is 3.47. The summed E-state index contributed by atoms with van der Waals surface area (Å²) in [5.74, 6) is 2.20. The smallest absolute Gasteiger partial charge is 0.320 e. The number of hydrogen-bond donors (Lipinski definition) is 0. The maximum atomic E-state index is 12.4. The molecule has 0 N–H and O–H groups in total. The molecule has 0 radical (unpaired) electrons. The highest BCUT2D eigenvalue weighted by atomic mass is 32.2. The Morgan fingerprint density at radius 2 is 1.81 bits per heavy atom. The lowest BCUT2D eigenvalue weighted by atomic mass is 10.2. The number of hydrogen-bond acceptors (Lipinski definition) is 2. The van der Waals surface area contributed by atoms with Crippen LogP contribution in [0.5, 0.6) is 0 Å². The molecule has 0 spiro atoms. The molecule has 2 fully saturated rings. The van der Waals surface area contributed by atoms with Crippen molar-refractivity contribution < 1.29 is 4.79 Å². The van der Waals surface area contributed by atoms with E-state index in [1.54, 1.807) is 0 Å². The maximum absolute atomic E-state index is 12.4. The Morgan fingerprint density at radius 1 is 1.12 bits per heavy atom. The zero-order valence-electron chi connectivity index (χ0n) is 10.2. The Balaban J connectivity index is 1.93. The van der Waals surface area contributed by atoms with Gasteiger partial charge in [-0.15, -0.1) is 0 Å². The van der Waals surface area contributed by atoms with Crippen molar-refractivity contribution >= 4 is 17.8 Å². The predicted octanol–water partition coefficient (Wildman–Crippen LogP) is 2.42. The molecule has 1 atom stereocenters. The minimum absolute atomic E-state index is 0.287. The number of likely N-dealkylation sites (tertiary alicyclic amines) is 1. The molecule has 4 heteroatoms. The molecule has 0 bridgehead atoms. The molecule has 2 heterocycles. The van der Waals surface area contributed by atoms with Gasteiger partial charge in [0.1, 0.15) is 0 Å². The van der Waals surface area contributed by atoms with Crippen molar-refractivity contribution in [2.75, 3.05) is 31.1 Å². The number of rotatable bonds is 0. The lowest BCUT2D eigenvalue weighted by Gasteiger charge is -2.36. The molecule has 0 aromatic heterocycles. The van der Waals surface area contributed by atoms with E-state index in [9.17, 15) is 4.79 Å². The Labute approximate surface area is 103 Å². The summed E-state index contributed by atoms with van der Waals surface area (Å²) in [7, 11) is 0. The lowest BCUT2D eigenvalue weighted by Crippen LogP contribution is -2.51. The van der Waals surface area contributed by atoms with E-state index in [1.165, 1.54) is 25.7 Å². The van der Waals surface area contributed by atoms with Crippen molar-refractivity contribution in [3.63, 3.8) is 0 Å². The first-order chi connectivity index (χ1) is 7.79. The first-order valence-corrected chi connectivity index (χ1v) is 7.58. The van der Waals surface area contributed by atoms with Gasteiger partial charge in [-0.05, 0) is 19.8 Å². The molecule has 0 aliphatic carbocycles. The maximum Gasteiger partial charge on any atom is 0.320 e. The van der Waals surface area contributed by atoms with Crippen LogP contribution < -0.4 is 0 Å². The van der Waals surface area contributed by atoms with E-state index in [4.69, 9.17) is 0 Å². The molecular formula is C12H22N2OS. The average Bonchev–Trinajstić information content (AvgIpc) is 2.57. The Kier molecular flexibility index (Phi) is 4.38. The Hall–Kier alpha value is -0.380. The molecule has 16 heavy (non-hydrogen) atoms. The van der Waals surface area contributed by atoms with Gasteiger partial charge in [0.25, 0.3) is 0 Å². The van der Waals surface area contributed by atoms with Crippen molar-refractivity contribution in [3.05, 3.63) is 0 Å². The highest BCUT2D eigenvalue weighted by Gasteiger charge is 2.27. The van der Waals surface area contributed by atoms with Crippen molar-refractivity contribution in [1.29, 1.82) is 0 Å². The number of thioether (sulfide) groups is 1. The summed E-state index contributed by atoms with van der Waals surface area (Å²) in [6, 6.07) is 0.698. The quantitative estimate of drug-likeness (QED) is 0.651. The molecule has 2 rings (SSSR count). The number of amides is 2. The molecule has 0 aromatic carbocycles. The molecule has 2 aliphatic rings. The molecule has 92 valence electrons. The van der Waals surface area contributed by atoms with Gasteiger partial charge in [-0.2, -0.15) is 11.8 Å². The van der Waals surface area contributed by atoms with Crippen molar-refractivity contribution in [2.24, 2.45) is 0 Å². The summed E-state index contributed by atoms with van der Waals surface area (Å²) in [5.41, 5.74) is 0. The second-order valence-corrected chi connectivity index (χ2v) is 5.95. The van der Waals surface area contributed by atoms with Gasteiger partial charge in [0, 0.05) is 37.2 Å². The first-order valence-electron chi connectivity index (χ1n) is 6.42. The largest absolute Gasteiger partial charge is 0.325 e. The SMILES string of the molecule is CC1CSCCN1C(=O)N1CCCCCC1. The van der Waals surface area contributed by atoms with Gasteiger partial charge in [0.05, 0.1) is 0 Å². The number of carbonyl (C=O) groups is 1. The monoisotopic (exact) mass is 242 g/mol. The van der Waals surface area contributed by atoms with Gasteiger partial charge in [-0.25, -0.2) is 4.79 Å². The standard InChI is InChI=1S/C12H22N2OS/c1-11-10-16-9-8-14(11)12(15)13-6-4-2-3-5-7-13/h11H,2-10H2,1H3. The Bertz CT molecular complexity index is 239. The minimum atomic E-state index is 0.287. The van der Waals surface area contributed by atoms with Crippen LogP contribution in [-0.2, 0) is 0 Å². The van der Waals surface area contributed by atoms with Crippen LogP contribution in [0.1, 0.15) is 32.6 Å². The van der Waals surface area contributed by atoms with Gasteiger partial charge in [-0.3, -0.25) is 0 Å². The summed E-state index contributed by atoms with van der Waals surface area (Å²) in [6.07, 6.45) is 4.94. The van der Waals surface area contributed by atoms with E-state index in [0.29, 0.717) is 6.04 Å². The molecule has 0 aromatic rings. The van der Waals surface area contributed by atoms with E-state index < -0.39 is 0 Å². The number of urea groups is 1.